The highest BCUT2D eigenvalue weighted by atomic mass is 16.2. The third-order valence-corrected chi connectivity index (χ3v) is 2.61. The largest absolute Gasteiger partial charge is 0.396 e. The zero-order valence-corrected chi connectivity index (χ0v) is 9.45. The summed E-state index contributed by atoms with van der Waals surface area (Å²) in [6, 6.07) is 0.213. The number of carbonyl (C=O) groups is 1. The number of aromatic amines is 1. The predicted molar refractivity (Wildman–Crippen MR) is 59.5 cm³/mol. The molecule has 1 aromatic rings. The molecule has 1 rings (SSSR count). The van der Waals surface area contributed by atoms with E-state index in [1.165, 1.54) is 6.20 Å². The molecule has 1 heterocycles. The van der Waals surface area contributed by atoms with Gasteiger partial charge in [0.05, 0.1) is 11.9 Å². The lowest BCUT2D eigenvalue weighted by Gasteiger charge is -2.26. The fraction of sp³-hybridized carbons (Fsp3) is 0.600. The maximum atomic E-state index is 12.0. The van der Waals surface area contributed by atoms with Crippen molar-refractivity contribution >= 4 is 11.6 Å². The first-order valence-electron chi connectivity index (χ1n) is 5.21. The third-order valence-electron chi connectivity index (χ3n) is 2.61. The monoisotopic (exact) mass is 210 g/mol. The number of H-pyrrole nitrogens is 1. The number of hydrogen-bond donors (Lipinski definition) is 2. The van der Waals surface area contributed by atoms with Crippen LogP contribution in [0.5, 0.6) is 0 Å². The Labute approximate surface area is 89.6 Å². The summed E-state index contributed by atoms with van der Waals surface area (Å²) < 4.78 is 0. The van der Waals surface area contributed by atoms with Gasteiger partial charge in [-0.2, -0.15) is 5.10 Å². The average molecular weight is 210 g/mol. The van der Waals surface area contributed by atoms with Gasteiger partial charge in [-0.1, -0.05) is 6.92 Å². The SMILES string of the molecule is CCC(C)N(CC)C(=O)c1[nH]ncc1N. The van der Waals surface area contributed by atoms with Crippen molar-refractivity contribution in [3.63, 3.8) is 0 Å². The van der Waals surface area contributed by atoms with E-state index in [1.54, 1.807) is 4.90 Å². The molecule has 1 aromatic heterocycles. The summed E-state index contributed by atoms with van der Waals surface area (Å²) in [7, 11) is 0. The summed E-state index contributed by atoms with van der Waals surface area (Å²) in [5, 5.41) is 6.38. The molecule has 0 fully saturated rings. The van der Waals surface area contributed by atoms with Crippen molar-refractivity contribution in [1.29, 1.82) is 0 Å². The topological polar surface area (TPSA) is 75.0 Å². The van der Waals surface area contributed by atoms with Gasteiger partial charge in [-0.3, -0.25) is 9.89 Å². The van der Waals surface area contributed by atoms with E-state index < -0.39 is 0 Å². The second-order valence-electron chi connectivity index (χ2n) is 3.55. The number of anilines is 1. The van der Waals surface area contributed by atoms with Gasteiger partial charge >= 0.3 is 0 Å². The van der Waals surface area contributed by atoms with Crippen LogP contribution in [-0.4, -0.2) is 33.6 Å². The molecule has 0 saturated carbocycles. The maximum absolute atomic E-state index is 12.0. The van der Waals surface area contributed by atoms with E-state index in [4.69, 9.17) is 5.73 Å². The molecule has 3 N–H and O–H groups in total. The minimum Gasteiger partial charge on any atom is -0.396 e. The molecule has 0 radical (unpaired) electrons. The lowest BCUT2D eigenvalue weighted by atomic mass is 10.2. The first-order valence-corrected chi connectivity index (χ1v) is 5.21. The van der Waals surface area contributed by atoms with E-state index in [1.807, 2.05) is 13.8 Å². The van der Waals surface area contributed by atoms with E-state index in [0.29, 0.717) is 17.9 Å². The number of hydrogen-bond acceptors (Lipinski definition) is 3. The molecule has 15 heavy (non-hydrogen) atoms. The third kappa shape index (κ3) is 2.29. The van der Waals surface area contributed by atoms with Crippen molar-refractivity contribution in [3.05, 3.63) is 11.9 Å². The van der Waals surface area contributed by atoms with Crippen LogP contribution in [0, 0.1) is 0 Å². The van der Waals surface area contributed by atoms with Crippen LogP contribution in [0.2, 0.25) is 0 Å². The fourth-order valence-corrected chi connectivity index (χ4v) is 1.49. The van der Waals surface area contributed by atoms with E-state index >= 15 is 0 Å². The van der Waals surface area contributed by atoms with Crippen LogP contribution >= 0.6 is 0 Å². The lowest BCUT2D eigenvalue weighted by Crippen LogP contribution is -2.38. The molecule has 1 atom stereocenters. The molecule has 0 spiro atoms. The summed E-state index contributed by atoms with van der Waals surface area (Å²) in [4.78, 5) is 13.8. The molecule has 5 nitrogen and oxygen atoms in total. The number of carbonyl (C=O) groups excluding carboxylic acids is 1. The number of nitrogens with two attached hydrogens (primary N) is 1. The minimum absolute atomic E-state index is 0.0816. The lowest BCUT2D eigenvalue weighted by molar-refractivity contribution is 0.0695. The summed E-state index contributed by atoms with van der Waals surface area (Å²) in [5.41, 5.74) is 6.42. The molecule has 0 aliphatic rings. The number of nitrogen functional groups attached to an aromatic ring is 1. The van der Waals surface area contributed by atoms with Crippen LogP contribution in [0.15, 0.2) is 6.20 Å². The molecule has 0 aliphatic carbocycles. The van der Waals surface area contributed by atoms with Crippen LogP contribution in [0.4, 0.5) is 5.69 Å². The summed E-state index contributed by atoms with van der Waals surface area (Å²) >= 11 is 0. The second kappa shape index (κ2) is 4.82. The Morgan fingerprint density at radius 1 is 1.67 bits per heavy atom. The molecular formula is C10H18N4O. The van der Waals surface area contributed by atoms with Crippen LogP contribution < -0.4 is 5.73 Å². The highest BCUT2D eigenvalue weighted by molar-refractivity contribution is 5.97. The first-order chi connectivity index (χ1) is 7.11. The summed E-state index contributed by atoms with van der Waals surface area (Å²) in [6.07, 6.45) is 2.38. The summed E-state index contributed by atoms with van der Waals surface area (Å²) in [6.45, 7) is 6.70. The van der Waals surface area contributed by atoms with Crippen molar-refractivity contribution in [1.82, 2.24) is 15.1 Å². The molecule has 5 heteroatoms. The number of nitrogens with zero attached hydrogens (tertiary/aromatic N) is 2. The van der Waals surface area contributed by atoms with Crippen LogP contribution in [0.25, 0.3) is 0 Å². The standard InChI is InChI=1S/C10H18N4O/c1-4-7(3)14(5-2)10(15)9-8(11)6-12-13-9/h6-7H,4-5,11H2,1-3H3,(H,12,13). The number of aromatic nitrogens is 2. The Bertz CT molecular complexity index is 334. The van der Waals surface area contributed by atoms with Gasteiger partial charge < -0.3 is 10.6 Å². The van der Waals surface area contributed by atoms with Crippen molar-refractivity contribution in [2.24, 2.45) is 0 Å². The van der Waals surface area contributed by atoms with Crippen molar-refractivity contribution in [3.8, 4) is 0 Å². The van der Waals surface area contributed by atoms with Crippen LogP contribution in [0.3, 0.4) is 0 Å². The highest BCUT2D eigenvalue weighted by Crippen LogP contribution is 2.13. The highest BCUT2D eigenvalue weighted by Gasteiger charge is 2.21. The normalized spacial score (nSPS) is 12.5. The number of rotatable bonds is 4. The summed E-state index contributed by atoms with van der Waals surface area (Å²) in [5.74, 6) is -0.0816. The van der Waals surface area contributed by atoms with Crippen LogP contribution in [0.1, 0.15) is 37.7 Å². The second-order valence-corrected chi connectivity index (χ2v) is 3.55. The molecule has 0 saturated heterocycles. The Kier molecular flexibility index (Phi) is 3.71. The molecule has 1 amide bonds. The van der Waals surface area contributed by atoms with E-state index in [0.717, 1.165) is 6.42 Å². The molecular weight excluding hydrogens is 192 g/mol. The van der Waals surface area contributed by atoms with Gasteiger partial charge in [0, 0.05) is 12.6 Å². The van der Waals surface area contributed by atoms with Gasteiger partial charge in [0.15, 0.2) is 0 Å². The van der Waals surface area contributed by atoms with Crippen molar-refractivity contribution in [2.45, 2.75) is 33.2 Å². The Morgan fingerprint density at radius 3 is 2.73 bits per heavy atom. The Morgan fingerprint density at radius 2 is 2.33 bits per heavy atom. The zero-order valence-electron chi connectivity index (χ0n) is 9.45. The van der Waals surface area contributed by atoms with Gasteiger partial charge in [-0.25, -0.2) is 0 Å². The molecule has 0 aliphatic heterocycles. The quantitative estimate of drug-likeness (QED) is 0.785. The maximum Gasteiger partial charge on any atom is 0.274 e. The zero-order chi connectivity index (χ0) is 11.4. The van der Waals surface area contributed by atoms with Gasteiger partial charge in [0.1, 0.15) is 5.69 Å². The molecule has 1 unspecified atom stereocenters. The van der Waals surface area contributed by atoms with Crippen molar-refractivity contribution in [2.75, 3.05) is 12.3 Å². The molecule has 84 valence electrons. The number of nitrogens with one attached hydrogen (secondary N) is 1. The minimum atomic E-state index is -0.0816. The van der Waals surface area contributed by atoms with E-state index in [9.17, 15) is 4.79 Å². The van der Waals surface area contributed by atoms with Gasteiger partial charge in [0.25, 0.3) is 5.91 Å². The smallest absolute Gasteiger partial charge is 0.274 e. The van der Waals surface area contributed by atoms with E-state index in [-0.39, 0.29) is 11.9 Å². The molecule has 0 aromatic carbocycles. The Hall–Kier alpha value is -1.52. The van der Waals surface area contributed by atoms with Gasteiger partial charge in [0.2, 0.25) is 0 Å². The Balaban J connectivity index is 2.87. The van der Waals surface area contributed by atoms with E-state index in [2.05, 4.69) is 17.1 Å². The predicted octanol–water partition coefficient (Wildman–Crippen LogP) is 1.25. The van der Waals surface area contributed by atoms with Crippen LogP contribution in [-0.2, 0) is 0 Å². The fourth-order valence-electron chi connectivity index (χ4n) is 1.49. The van der Waals surface area contributed by atoms with Gasteiger partial charge in [-0.05, 0) is 20.3 Å². The molecule has 0 bridgehead atoms. The van der Waals surface area contributed by atoms with Crippen molar-refractivity contribution < 1.29 is 4.79 Å². The van der Waals surface area contributed by atoms with Gasteiger partial charge in [-0.15, -0.1) is 0 Å². The first kappa shape index (κ1) is 11.6. The number of amides is 1. The average Bonchev–Trinajstić information content (AvgIpc) is 2.65.